The summed E-state index contributed by atoms with van der Waals surface area (Å²) < 4.78 is 13.0. The zero-order valence-corrected chi connectivity index (χ0v) is 8.77. The maximum atomic E-state index is 13.0. The minimum Gasteiger partial charge on any atom is -0.339 e. The molecule has 17 heavy (non-hydrogen) atoms. The molecule has 0 fully saturated rings. The summed E-state index contributed by atoms with van der Waals surface area (Å²) in [5.41, 5.74) is 0.918. The number of amides is 1. The van der Waals surface area contributed by atoms with E-state index >= 15 is 0 Å². The summed E-state index contributed by atoms with van der Waals surface area (Å²) in [7, 11) is 0. The Labute approximate surface area is 96.7 Å². The Balaban J connectivity index is 2.37. The van der Waals surface area contributed by atoms with Crippen molar-refractivity contribution in [2.24, 2.45) is 0 Å². The predicted molar refractivity (Wildman–Crippen MR) is 59.6 cm³/mol. The lowest BCUT2D eigenvalue weighted by atomic mass is 10.1. The van der Waals surface area contributed by atoms with E-state index in [0.717, 1.165) is 0 Å². The second kappa shape index (κ2) is 4.58. The first-order chi connectivity index (χ1) is 8.20. The maximum Gasteiger partial charge on any atom is 0.253 e. The van der Waals surface area contributed by atoms with Gasteiger partial charge in [0.05, 0.1) is 17.1 Å². The van der Waals surface area contributed by atoms with Gasteiger partial charge >= 0.3 is 0 Å². The molecular formula is C12H8FN3O. The highest BCUT2D eigenvalue weighted by molar-refractivity contribution is 5.97. The molecule has 0 aliphatic heterocycles. The molecule has 0 aliphatic carbocycles. The standard InChI is InChI=1S/C12H8FN3O/c13-10-1-2-11-8(6-10)5-9(7-16-11)12(17)15-4-3-14/h1-2,5-7H,4H2,(H,15,17). The van der Waals surface area contributed by atoms with E-state index in [1.54, 1.807) is 12.1 Å². The molecule has 0 unspecified atom stereocenters. The predicted octanol–water partition coefficient (Wildman–Crippen LogP) is 1.63. The highest BCUT2D eigenvalue weighted by Gasteiger charge is 2.06. The van der Waals surface area contributed by atoms with Gasteiger partial charge in [-0.15, -0.1) is 0 Å². The summed E-state index contributed by atoms with van der Waals surface area (Å²) in [4.78, 5) is 15.6. The quantitative estimate of drug-likeness (QED) is 0.796. The number of aromatic nitrogens is 1. The van der Waals surface area contributed by atoms with Gasteiger partial charge in [-0.3, -0.25) is 9.78 Å². The number of hydrogen-bond donors (Lipinski definition) is 1. The Morgan fingerprint density at radius 1 is 1.47 bits per heavy atom. The highest BCUT2D eigenvalue weighted by atomic mass is 19.1. The van der Waals surface area contributed by atoms with Gasteiger partial charge in [0.15, 0.2) is 0 Å². The first kappa shape index (κ1) is 11.0. The molecule has 84 valence electrons. The summed E-state index contributed by atoms with van der Waals surface area (Å²) in [6, 6.07) is 7.50. The van der Waals surface area contributed by atoms with Crippen LogP contribution in [0.4, 0.5) is 4.39 Å². The van der Waals surface area contributed by atoms with E-state index in [4.69, 9.17) is 5.26 Å². The molecule has 2 rings (SSSR count). The molecule has 0 saturated heterocycles. The summed E-state index contributed by atoms with van der Waals surface area (Å²) in [6.07, 6.45) is 1.40. The van der Waals surface area contributed by atoms with Crippen LogP contribution in [0.15, 0.2) is 30.5 Å². The van der Waals surface area contributed by atoms with E-state index in [-0.39, 0.29) is 12.4 Å². The van der Waals surface area contributed by atoms with Crippen molar-refractivity contribution in [3.8, 4) is 6.07 Å². The van der Waals surface area contributed by atoms with Crippen molar-refractivity contribution in [1.29, 1.82) is 5.26 Å². The van der Waals surface area contributed by atoms with Crippen molar-refractivity contribution >= 4 is 16.8 Å². The van der Waals surface area contributed by atoms with Gasteiger partial charge < -0.3 is 5.32 Å². The van der Waals surface area contributed by atoms with Crippen molar-refractivity contribution in [1.82, 2.24) is 10.3 Å². The maximum absolute atomic E-state index is 13.0. The second-order valence-corrected chi connectivity index (χ2v) is 3.40. The molecule has 0 aliphatic rings. The van der Waals surface area contributed by atoms with E-state index in [1.807, 2.05) is 0 Å². The van der Waals surface area contributed by atoms with Gasteiger partial charge in [-0.1, -0.05) is 0 Å². The number of pyridine rings is 1. The zero-order valence-electron chi connectivity index (χ0n) is 8.77. The summed E-state index contributed by atoms with van der Waals surface area (Å²) >= 11 is 0. The number of rotatable bonds is 2. The fourth-order valence-corrected chi connectivity index (χ4v) is 1.45. The van der Waals surface area contributed by atoms with Crippen LogP contribution < -0.4 is 5.32 Å². The lowest BCUT2D eigenvalue weighted by Gasteiger charge is -2.02. The molecule has 1 aromatic heterocycles. The highest BCUT2D eigenvalue weighted by Crippen LogP contribution is 2.14. The normalized spacial score (nSPS) is 9.88. The van der Waals surface area contributed by atoms with Crippen LogP contribution >= 0.6 is 0 Å². The number of carbonyl (C=O) groups excluding carboxylic acids is 1. The number of nitriles is 1. The SMILES string of the molecule is N#CCNC(=O)c1cnc2ccc(F)cc2c1. The minimum absolute atomic E-state index is 0.0694. The number of carbonyl (C=O) groups is 1. The summed E-state index contributed by atoms with van der Waals surface area (Å²) in [6.45, 7) is -0.0694. The average Bonchev–Trinajstić information content (AvgIpc) is 2.35. The third kappa shape index (κ3) is 2.37. The third-order valence-electron chi connectivity index (χ3n) is 2.23. The number of nitrogens with zero attached hydrogens (tertiary/aromatic N) is 2. The van der Waals surface area contributed by atoms with Crippen LogP contribution in [0.1, 0.15) is 10.4 Å². The van der Waals surface area contributed by atoms with E-state index in [9.17, 15) is 9.18 Å². The zero-order chi connectivity index (χ0) is 12.3. The van der Waals surface area contributed by atoms with Crippen molar-refractivity contribution < 1.29 is 9.18 Å². The topological polar surface area (TPSA) is 65.8 Å². The lowest BCUT2D eigenvalue weighted by molar-refractivity contribution is 0.0958. The Morgan fingerprint density at radius 2 is 2.29 bits per heavy atom. The van der Waals surface area contributed by atoms with Crippen LogP contribution in [0.3, 0.4) is 0 Å². The molecular weight excluding hydrogens is 221 g/mol. The van der Waals surface area contributed by atoms with Gasteiger partial charge in [0.25, 0.3) is 5.91 Å². The number of nitrogens with one attached hydrogen (secondary N) is 1. The van der Waals surface area contributed by atoms with E-state index < -0.39 is 5.91 Å². The first-order valence-corrected chi connectivity index (χ1v) is 4.91. The average molecular weight is 229 g/mol. The van der Waals surface area contributed by atoms with Crippen LogP contribution in [0.5, 0.6) is 0 Å². The van der Waals surface area contributed by atoms with E-state index in [1.165, 1.54) is 24.4 Å². The fraction of sp³-hybridized carbons (Fsp3) is 0.0833. The summed E-state index contributed by atoms with van der Waals surface area (Å²) in [5.74, 6) is -0.779. The number of fused-ring (bicyclic) bond motifs is 1. The first-order valence-electron chi connectivity index (χ1n) is 4.91. The Bertz CT molecular complexity index is 619. The van der Waals surface area contributed by atoms with Crippen LogP contribution in [-0.2, 0) is 0 Å². The smallest absolute Gasteiger partial charge is 0.253 e. The molecule has 0 radical (unpaired) electrons. The Kier molecular flexibility index (Phi) is 2.97. The van der Waals surface area contributed by atoms with Crippen molar-refractivity contribution in [2.45, 2.75) is 0 Å². The van der Waals surface area contributed by atoms with Crippen molar-refractivity contribution in [2.75, 3.05) is 6.54 Å². The Hall–Kier alpha value is -2.48. The molecule has 0 bridgehead atoms. The van der Waals surface area contributed by atoms with Crippen LogP contribution in [0.2, 0.25) is 0 Å². The molecule has 1 aromatic carbocycles. The largest absolute Gasteiger partial charge is 0.339 e. The van der Waals surface area contributed by atoms with Crippen LogP contribution in [0.25, 0.3) is 10.9 Å². The minimum atomic E-state index is -0.398. The van der Waals surface area contributed by atoms with Gasteiger partial charge in [-0.2, -0.15) is 5.26 Å². The fourth-order valence-electron chi connectivity index (χ4n) is 1.45. The van der Waals surface area contributed by atoms with Gasteiger partial charge in [0.1, 0.15) is 12.4 Å². The molecule has 0 spiro atoms. The van der Waals surface area contributed by atoms with Gasteiger partial charge in [0.2, 0.25) is 0 Å². The van der Waals surface area contributed by atoms with E-state index in [2.05, 4.69) is 10.3 Å². The molecule has 0 saturated carbocycles. The number of hydrogen-bond acceptors (Lipinski definition) is 3. The van der Waals surface area contributed by atoms with E-state index in [0.29, 0.717) is 16.5 Å². The molecule has 1 N–H and O–H groups in total. The number of benzene rings is 1. The molecule has 1 heterocycles. The Morgan fingerprint density at radius 3 is 3.06 bits per heavy atom. The monoisotopic (exact) mass is 229 g/mol. The van der Waals surface area contributed by atoms with Crippen LogP contribution in [0, 0.1) is 17.1 Å². The molecule has 5 heteroatoms. The molecule has 0 atom stereocenters. The molecule has 4 nitrogen and oxygen atoms in total. The van der Waals surface area contributed by atoms with Gasteiger partial charge in [-0.05, 0) is 24.3 Å². The third-order valence-corrected chi connectivity index (χ3v) is 2.23. The lowest BCUT2D eigenvalue weighted by Crippen LogP contribution is -2.23. The molecule has 1 amide bonds. The van der Waals surface area contributed by atoms with Gasteiger partial charge in [-0.25, -0.2) is 4.39 Å². The van der Waals surface area contributed by atoms with Crippen molar-refractivity contribution in [3.63, 3.8) is 0 Å². The van der Waals surface area contributed by atoms with Gasteiger partial charge in [0, 0.05) is 11.6 Å². The molecule has 2 aromatic rings. The second-order valence-electron chi connectivity index (χ2n) is 3.40. The number of halogens is 1. The van der Waals surface area contributed by atoms with Crippen molar-refractivity contribution in [3.05, 3.63) is 41.8 Å². The summed E-state index contributed by atoms with van der Waals surface area (Å²) in [5, 5.41) is 11.3. The van der Waals surface area contributed by atoms with Crippen LogP contribution in [-0.4, -0.2) is 17.4 Å².